The van der Waals surface area contributed by atoms with Crippen molar-refractivity contribution < 1.29 is 5.11 Å². The average molecular weight is 239 g/mol. The topological polar surface area (TPSA) is 82.9 Å². The van der Waals surface area contributed by atoms with Gasteiger partial charge < -0.3 is 10.8 Å². The maximum atomic E-state index is 10.3. The van der Waals surface area contributed by atoms with Crippen LogP contribution in [-0.4, -0.2) is 10.1 Å². The van der Waals surface area contributed by atoms with Crippen LogP contribution in [0.2, 0.25) is 0 Å². The van der Waals surface area contributed by atoms with Crippen LogP contribution in [-0.2, 0) is 0 Å². The number of hydrogen-bond donors (Lipinski definition) is 2. The summed E-state index contributed by atoms with van der Waals surface area (Å²) in [5.41, 5.74) is 8.53. The van der Waals surface area contributed by atoms with E-state index < -0.39 is 6.10 Å². The van der Waals surface area contributed by atoms with Crippen LogP contribution < -0.4 is 5.73 Å². The zero-order chi connectivity index (χ0) is 13.1. The van der Waals surface area contributed by atoms with Crippen LogP contribution in [0.25, 0.3) is 0 Å². The van der Waals surface area contributed by atoms with Crippen LogP contribution in [0.4, 0.5) is 5.82 Å². The van der Waals surface area contributed by atoms with Crippen molar-refractivity contribution >= 4 is 5.82 Å². The van der Waals surface area contributed by atoms with Crippen LogP contribution in [0.15, 0.2) is 36.5 Å². The summed E-state index contributed by atoms with van der Waals surface area (Å²) in [7, 11) is 0. The number of hydrogen-bond acceptors (Lipinski definition) is 4. The van der Waals surface area contributed by atoms with E-state index in [9.17, 15) is 5.11 Å². The molecule has 2 rings (SSSR count). The Labute approximate surface area is 105 Å². The van der Waals surface area contributed by atoms with Gasteiger partial charge in [-0.05, 0) is 36.2 Å². The van der Waals surface area contributed by atoms with E-state index in [0.29, 0.717) is 22.5 Å². The van der Waals surface area contributed by atoms with E-state index >= 15 is 0 Å². The average Bonchev–Trinajstić information content (AvgIpc) is 2.41. The Kier molecular flexibility index (Phi) is 3.26. The summed E-state index contributed by atoms with van der Waals surface area (Å²) in [5, 5.41) is 19.0. The van der Waals surface area contributed by atoms with Crippen LogP contribution in [0, 0.1) is 18.3 Å². The lowest BCUT2D eigenvalue weighted by Gasteiger charge is -2.13. The maximum absolute atomic E-state index is 10.3. The molecule has 4 heteroatoms. The summed E-state index contributed by atoms with van der Waals surface area (Å²) in [6.45, 7) is 1.89. The smallest absolute Gasteiger partial charge is 0.129 e. The van der Waals surface area contributed by atoms with Gasteiger partial charge >= 0.3 is 0 Å². The van der Waals surface area contributed by atoms with Gasteiger partial charge in [0.05, 0.1) is 11.6 Å². The molecule has 3 N–H and O–H groups in total. The van der Waals surface area contributed by atoms with Gasteiger partial charge in [0.2, 0.25) is 0 Å². The first-order valence-electron chi connectivity index (χ1n) is 5.52. The lowest BCUT2D eigenvalue weighted by molar-refractivity contribution is 0.220. The minimum absolute atomic E-state index is 0.317. The van der Waals surface area contributed by atoms with E-state index in [-0.39, 0.29) is 0 Å². The molecular weight excluding hydrogens is 226 g/mol. The summed E-state index contributed by atoms with van der Waals surface area (Å²) in [6, 6.07) is 10.6. The van der Waals surface area contributed by atoms with E-state index in [1.54, 1.807) is 30.5 Å². The third-order valence-electron chi connectivity index (χ3n) is 2.74. The molecule has 1 aromatic heterocycles. The lowest BCUT2D eigenvalue weighted by atomic mass is 10.00. The number of nitrogen functional groups attached to an aromatic ring is 1. The summed E-state index contributed by atoms with van der Waals surface area (Å²) < 4.78 is 0. The highest BCUT2D eigenvalue weighted by Gasteiger charge is 2.14. The second-order valence-electron chi connectivity index (χ2n) is 4.12. The molecule has 0 saturated carbocycles. The van der Waals surface area contributed by atoms with Crippen molar-refractivity contribution in [3.63, 3.8) is 0 Å². The summed E-state index contributed by atoms with van der Waals surface area (Å²) >= 11 is 0. The SMILES string of the molecule is Cc1cnc(N)c(C(O)c2ccc(C#N)cc2)c1. The van der Waals surface area contributed by atoms with E-state index in [4.69, 9.17) is 11.0 Å². The Balaban J connectivity index is 2.38. The van der Waals surface area contributed by atoms with Gasteiger partial charge in [-0.25, -0.2) is 4.98 Å². The van der Waals surface area contributed by atoms with Crippen LogP contribution in [0.5, 0.6) is 0 Å². The molecule has 0 fully saturated rings. The molecule has 0 aliphatic rings. The van der Waals surface area contributed by atoms with Crippen molar-refractivity contribution in [3.8, 4) is 6.07 Å². The third-order valence-corrected chi connectivity index (χ3v) is 2.74. The van der Waals surface area contributed by atoms with Crippen LogP contribution >= 0.6 is 0 Å². The number of nitrogens with two attached hydrogens (primary N) is 1. The van der Waals surface area contributed by atoms with Crippen molar-refractivity contribution in [3.05, 3.63) is 58.8 Å². The number of aromatic nitrogens is 1. The first-order valence-corrected chi connectivity index (χ1v) is 5.52. The van der Waals surface area contributed by atoms with E-state index in [0.717, 1.165) is 5.56 Å². The molecule has 4 nitrogen and oxygen atoms in total. The number of aryl methyl sites for hydroxylation is 1. The zero-order valence-electron chi connectivity index (χ0n) is 9.96. The van der Waals surface area contributed by atoms with Gasteiger partial charge in [0.1, 0.15) is 11.9 Å². The number of aliphatic hydroxyl groups is 1. The molecule has 1 atom stereocenters. The Bertz CT molecular complexity index is 599. The Morgan fingerprint density at radius 2 is 2.00 bits per heavy atom. The molecule has 0 saturated heterocycles. The number of aliphatic hydroxyl groups excluding tert-OH is 1. The molecule has 1 aromatic carbocycles. The zero-order valence-corrected chi connectivity index (χ0v) is 9.96. The molecule has 0 bridgehead atoms. The van der Waals surface area contributed by atoms with Gasteiger partial charge in [-0.3, -0.25) is 0 Å². The Morgan fingerprint density at radius 1 is 1.33 bits per heavy atom. The van der Waals surface area contributed by atoms with Crippen molar-refractivity contribution in [2.75, 3.05) is 5.73 Å². The van der Waals surface area contributed by atoms with Gasteiger partial charge in [-0.15, -0.1) is 0 Å². The molecule has 1 unspecified atom stereocenters. The highest BCUT2D eigenvalue weighted by molar-refractivity contribution is 5.46. The summed E-state index contributed by atoms with van der Waals surface area (Å²) in [4.78, 5) is 4.02. The third kappa shape index (κ3) is 2.31. The van der Waals surface area contributed by atoms with Crippen LogP contribution in [0.1, 0.15) is 28.4 Å². The highest BCUT2D eigenvalue weighted by Crippen LogP contribution is 2.26. The molecule has 2 aromatic rings. The minimum atomic E-state index is -0.829. The Hall–Kier alpha value is -2.38. The molecular formula is C14H13N3O. The monoisotopic (exact) mass is 239 g/mol. The summed E-state index contributed by atoms with van der Waals surface area (Å²) in [5.74, 6) is 0.317. The number of benzene rings is 1. The number of anilines is 1. The summed E-state index contributed by atoms with van der Waals surface area (Å²) in [6.07, 6.45) is 0.829. The quantitative estimate of drug-likeness (QED) is 0.838. The number of nitrogens with zero attached hydrogens (tertiary/aromatic N) is 2. The fraction of sp³-hybridized carbons (Fsp3) is 0.143. The first-order chi connectivity index (χ1) is 8.61. The van der Waals surface area contributed by atoms with Crippen molar-refractivity contribution in [1.29, 1.82) is 5.26 Å². The largest absolute Gasteiger partial charge is 0.384 e. The van der Waals surface area contributed by atoms with Crippen molar-refractivity contribution in [2.24, 2.45) is 0 Å². The molecule has 0 amide bonds. The number of pyridine rings is 1. The Morgan fingerprint density at radius 3 is 2.61 bits per heavy atom. The normalized spacial score (nSPS) is 11.8. The fourth-order valence-corrected chi connectivity index (χ4v) is 1.74. The fourth-order valence-electron chi connectivity index (χ4n) is 1.74. The second-order valence-corrected chi connectivity index (χ2v) is 4.12. The highest BCUT2D eigenvalue weighted by atomic mass is 16.3. The lowest BCUT2D eigenvalue weighted by Crippen LogP contribution is -2.06. The van der Waals surface area contributed by atoms with E-state index in [2.05, 4.69) is 4.98 Å². The molecule has 0 spiro atoms. The van der Waals surface area contributed by atoms with Gasteiger partial charge in [-0.1, -0.05) is 12.1 Å². The predicted octanol–water partition coefficient (Wildman–Crippen LogP) is 1.93. The first kappa shape index (κ1) is 12.1. The van der Waals surface area contributed by atoms with Crippen molar-refractivity contribution in [2.45, 2.75) is 13.0 Å². The maximum Gasteiger partial charge on any atom is 0.129 e. The minimum Gasteiger partial charge on any atom is -0.384 e. The number of rotatable bonds is 2. The van der Waals surface area contributed by atoms with Gasteiger partial charge in [0.15, 0.2) is 0 Å². The molecule has 90 valence electrons. The van der Waals surface area contributed by atoms with Crippen LogP contribution in [0.3, 0.4) is 0 Å². The van der Waals surface area contributed by atoms with Crippen molar-refractivity contribution in [1.82, 2.24) is 4.98 Å². The molecule has 0 radical (unpaired) electrons. The standard InChI is InChI=1S/C14H13N3O/c1-9-6-12(14(16)17-8-9)13(18)11-4-2-10(7-15)3-5-11/h2-6,8,13,18H,1H3,(H2,16,17). The molecule has 18 heavy (non-hydrogen) atoms. The van der Waals surface area contributed by atoms with Gasteiger partial charge in [0.25, 0.3) is 0 Å². The molecule has 1 heterocycles. The number of nitriles is 1. The van der Waals surface area contributed by atoms with Gasteiger partial charge in [0, 0.05) is 11.8 Å². The second kappa shape index (κ2) is 4.86. The molecule has 0 aliphatic carbocycles. The van der Waals surface area contributed by atoms with Gasteiger partial charge in [-0.2, -0.15) is 5.26 Å². The predicted molar refractivity (Wildman–Crippen MR) is 68.6 cm³/mol. The van der Waals surface area contributed by atoms with E-state index in [1.807, 2.05) is 19.1 Å². The van der Waals surface area contributed by atoms with E-state index in [1.165, 1.54) is 0 Å². The molecule has 0 aliphatic heterocycles.